The summed E-state index contributed by atoms with van der Waals surface area (Å²) in [5.41, 5.74) is 1.78. The number of carbonyl (C=O) groups excluding carboxylic acids is 1. The van der Waals surface area contributed by atoms with Gasteiger partial charge in [-0.15, -0.1) is 0 Å². The van der Waals surface area contributed by atoms with Crippen molar-refractivity contribution < 1.29 is 9.18 Å². The first-order valence-electron chi connectivity index (χ1n) is 6.10. The maximum absolute atomic E-state index is 13.2. The Bertz CT molecular complexity index is 604. The molecule has 0 radical (unpaired) electrons. The molecule has 0 atom stereocenters. The van der Waals surface area contributed by atoms with Crippen molar-refractivity contribution in [1.29, 1.82) is 0 Å². The minimum absolute atomic E-state index is 0.0596. The van der Waals surface area contributed by atoms with Crippen LogP contribution in [0, 0.1) is 12.7 Å². The average Bonchev–Trinajstić information content (AvgIpc) is 2.70. The van der Waals surface area contributed by atoms with Gasteiger partial charge in [-0.2, -0.15) is 5.10 Å². The Morgan fingerprint density at radius 1 is 1.42 bits per heavy atom. The number of hydrogen-bond donors (Lipinski definition) is 1. The summed E-state index contributed by atoms with van der Waals surface area (Å²) in [6.45, 7) is 5.57. The molecule has 0 bridgehead atoms. The second-order valence-electron chi connectivity index (χ2n) is 4.66. The number of benzene rings is 1. The van der Waals surface area contributed by atoms with Gasteiger partial charge in [0.1, 0.15) is 5.82 Å². The highest BCUT2D eigenvalue weighted by atomic mass is 19.1. The van der Waals surface area contributed by atoms with Crippen LogP contribution in [0.1, 0.15) is 29.9 Å². The Balaban J connectivity index is 2.35. The lowest BCUT2D eigenvalue weighted by Crippen LogP contribution is -2.30. The van der Waals surface area contributed by atoms with Gasteiger partial charge >= 0.3 is 0 Å². The van der Waals surface area contributed by atoms with E-state index in [1.54, 1.807) is 23.7 Å². The predicted octanol–water partition coefficient (Wildman–Crippen LogP) is 2.46. The molecule has 2 rings (SSSR count). The van der Waals surface area contributed by atoms with E-state index in [2.05, 4.69) is 10.4 Å². The SMILES string of the molecule is Cc1c(C(=O)NC(C)C)cnn1-c1cccc(F)c1. The van der Waals surface area contributed by atoms with Crippen LogP contribution in [0.25, 0.3) is 5.69 Å². The summed E-state index contributed by atoms with van der Waals surface area (Å²) in [5, 5.41) is 6.95. The fourth-order valence-corrected chi connectivity index (χ4v) is 1.84. The maximum Gasteiger partial charge on any atom is 0.254 e. The lowest BCUT2D eigenvalue weighted by molar-refractivity contribution is 0.0942. The number of carbonyl (C=O) groups is 1. The highest BCUT2D eigenvalue weighted by Crippen LogP contribution is 2.15. The van der Waals surface area contributed by atoms with Crippen LogP contribution in [0.2, 0.25) is 0 Å². The Labute approximate surface area is 111 Å². The van der Waals surface area contributed by atoms with E-state index in [4.69, 9.17) is 0 Å². The minimum atomic E-state index is -0.333. The lowest BCUT2D eigenvalue weighted by atomic mass is 10.2. The largest absolute Gasteiger partial charge is 0.350 e. The van der Waals surface area contributed by atoms with Gasteiger partial charge in [0.25, 0.3) is 5.91 Å². The summed E-state index contributed by atoms with van der Waals surface area (Å²) in [6, 6.07) is 6.16. The summed E-state index contributed by atoms with van der Waals surface area (Å²) in [4.78, 5) is 11.9. The number of amides is 1. The van der Waals surface area contributed by atoms with E-state index in [1.165, 1.54) is 18.3 Å². The normalized spacial score (nSPS) is 10.8. The van der Waals surface area contributed by atoms with E-state index in [9.17, 15) is 9.18 Å². The molecule has 0 unspecified atom stereocenters. The predicted molar refractivity (Wildman–Crippen MR) is 70.9 cm³/mol. The van der Waals surface area contributed by atoms with Crippen LogP contribution in [0.3, 0.4) is 0 Å². The fraction of sp³-hybridized carbons (Fsp3) is 0.286. The van der Waals surface area contributed by atoms with E-state index in [0.29, 0.717) is 16.9 Å². The molecule has 0 saturated heterocycles. The molecule has 0 aliphatic rings. The van der Waals surface area contributed by atoms with Crippen LogP contribution in [-0.2, 0) is 0 Å². The highest BCUT2D eigenvalue weighted by Gasteiger charge is 2.15. The third-order valence-corrected chi connectivity index (χ3v) is 2.73. The second-order valence-corrected chi connectivity index (χ2v) is 4.66. The van der Waals surface area contributed by atoms with Crippen molar-refractivity contribution in [3.8, 4) is 5.69 Å². The first kappa shape index (κ1) is 13.3. The van der Waals surface area contributed by atoms with Gasteiger partial charge in [-0.1, -0.05) is 6.07 Å². The van der Waals surface area contributed by atoms with Crippen LogP contribution in [0.5, 0.6) is 0 Å². The molecule has 0 saturated carbocycles. The molecular weight excluding hydrogens is 245 g/mol. The Kier molecular flexibility index (Phi) is 3.64. The van der Waals surface area contributed by atoms with Crippen LogP contribution in [-0.4, -0.2) is 21.7 Å². The highest BCUT2D eigenvalue weighted by molar-refractivity contribution is 5.95. The smallest absolute Gasteiger partial charge is 0.254 e. The van der Waals surface area contributed by atoms with Crippen molar-refractivity contribution in [2.45, 2.75) is 26.8 Å². The monoisotopic (exact) mass is 261 g/mol. The third-order valence-electron chi connectivity index (χ3n) is 2.73. The zero-order chi connectivity index (χ0) is 14.0. The van der Waals surface area contributed by atoms with E-state index >= 15 is 0 Å². The van der Waals surface area contributed by atoms with E-state index in [1.807, 2.05) is 13.8 Å². The first-order valence-corrected chi connectivity index (χ1v) is 6.10. The zero-order valence-corrected chi connectivity index (χ0v) is 11.1. The average molecular weight is 261 g/mol. The Hall–Kier alpha value is -2.17. The number of nitrogens with zero attached hydrogens (tertiary/aromatic N) is 2. The van der Waals surface area contributed by atoms with E-state index in [0.717, 1.165) is 0 Å². The molecule has 1 heterocycles. The van der Waals surface area contributed by atoms with Crippen LogP contribution in [0.15, 0.2) is 30.5 Å². The molecule has 19 heavy (non-hydrogen) atoms. The van der Waals surface area contributed by atoms with Crippen molar-refractivity contribution in [3.05, 3.63) is 47.5 Å². The van der Waals surface area contributed by atoms with Crippen LogP contribution >= 0.6 is 0 Å². The molecule has 100 valence electrons. The molecule has 1 amide bonds. The molecule has 5 heteroatoms. The quantitative estimate of drug-likeness (QED) is 0.922. The minimum Gasteiger partial charge on any atom is -0.350 e. The standard InChI is InChI=1S/C14H16FN3O/c1-9(2)17-14(19)13-8-16-18(10(13)3)12-6-4-5-11(15)7-12/h4-9H,1-3H3,(H,17,19). The third kappa shape index (κ3) is 2.81. The van der Waals surface area contributed by atoms with Gasteiger partial charge in [0.15, 0.2) is 0 Å². The summed E-state index contributed by atoms with van der Waals surface area (Å²) in [5.74, 6) is -0.504. The topological polar surface area (TPSA) is 46.9 Å². The fourth-order valence-electron chi connectivity index (χ4n) is 1.84. The maximum atomic E-state index is 13.2. The van der Waals surface area contributed by atoms with Crippen molar-refractivity contribution in [2.75, 3.05) is 0 Å². The van der Waals surface area contributed by atoms with Gasteiger partial charge in [-0.05, 0) is 39.0 Å². The van der Waals surface area contributed by atoms with Gasteiger partial charge in [0, 0.05) is 6.04 Å². The van der Waals surface area contributed by atoms with Crippen LogP contribution in [0.4, 0.5) is 4.39 Å². The number of halogens is 1. The molecule has 2 aromatic rings. The number of hydrogen-bond acceptors (Lipinski definition) is 2. The zero-order valence-electron chi connectivity index (χ0n) is 11.1. The van der Waals surface area contributed by atoms with Crippen molar-refractivity contribution in [3.63, 3.8) is 0 Å². The number of nitrogens with one attached hydrogen (secondary N) is 1. The molecular formula is C14H16FN3O. The summed E-state index contributed by atoms with van der Waals surface area (Å²) in [6.07, 6.45) is 1.50. The van der Waals surface area contributed by atoms with E-state index in [-0.39, 0.29) is 17.8 Å². The van der Waals surface area contributed by atoms with Crippen molar-refractivity contribution in [1.82, 2.24) is 15.1 Å². The molecule has 1 aromatic carbocycles. The van der Waals surface area contributed by atoms with Crippen molar-refractivity contribution >= 4 is 5.91 Å². The van der Waals surface area contributed by atoms with Gasteiger partial charge in [0.2, 0.25) is 0 Å². The molecule has 4 nitrogen and oxygen atoms in total. The summed E-state index contributed by atoms with van der Waals surface area (Å²) in [7, 11) is 0. The van der Waals surface area contributed by atoms with Gasteiger partial charge < -0.3 is 5.32 Å². The molecule has 0 spiro atoms. The van der Waals surface area contributed by atoms with E-state index < -0.39 is 0 Å². The van der Waals surface area contributed by atoms with Gasteiger partial charge in [0.05, 0.1) is 23.1 Å². The lowest BCUT2D eigenvalue weighted by Gasteiger charge is -2.08. The second kappa shape index (κ2) is 5.22. The molecule has 0 fully saturated rings. The first-order chi connectivity index (χ1) is 8.99. The molecule has 1 aromatic heterocycles. The summed E-state index contributed by atoms with van der Waals surface area (Å²) < 4.78 is 14.8. The number of rotatable bonds is 3. The van der Waals surface area contributed by atoms with Gasteiger partial charge in [-0.25, -0.2) is 9.07 Å². The summed E-state index contributed by atoms with van der Waals surface area (Å²) >= 11 is 0. The molecule has 1 N–H and O–H groups in total. The Morgan fingerprint density at radius 2 is 2.16 bits per heavy atom. The number of aromatic nitrogens is 2. The molecule has 0 aliphatic carbocycles. The Morgan fingerprint density at radius 3 is 2.79 bits per heavy atom. The van der Waals surface area contributed by atoms with Crippen molar-refractivity contribution in [2.24, 2.45) is 0 Å². The van der Waals surface area contributed by atoms with Crippen LogP contribution < -0.4 is 5.32 Å². The van der Waals surface area contributed by atoms with Gasteiger partial charge in [-0.3, -0.25) is 4.79 Å². The molecule has 0 aliphatic heterocycles.